The van der Waals surface area contributed by atoms with Gasteiger partial charge in [0.05, 0.1) is 11.6 Å². The van der Waals surface area contributed by atoms with Crippen LogP contribution in [-0.2, 0) is 0 Å². The Balaban J connectivity index is 1.40. The van der Waals surface area contributed by atoms with E-state index in [4.69, 9.17) is 0 Å². The number of hydrogen-bond acceptors (Lipinski definition) is 4. The summed E-state index contributed by atoms with van der Waals surface area (Å²) >= 11 is 0. The van der Waals surface area contributed by atoms with Crippen LogP contribution in [0.25, 0.3) is 11.1 Å². The first-order valence-corrected chi connectivity index (χ1v) is 11.3. The third-order valence-corrected chi connectivity index (χ3v) is 5.81. The highest BCUT2D eigenvalue weighted by Crippen LogP contribution is 2.33. The molecular weight excluding hydrogens is 406 g/mol. The van der Waals surface area contributed by atoms with Crippen LogP contribution in [0.4, 0.5) is 14.7 Å². The predicted molar refractivity (Wildman–Crippen MR) is 125 cm³/mol. The number of rotatable bonds is 9. The SMILES string of the molecule is CCCCCCNc1ncc(-c2ccc(C3CCC(c4c(F)cccc4F)=N3)cc2)cn1. The molecule has 2 aromatic carbocycles. The van der Waals surface area contributed by atoms with Crippen molar-refractivity contribution in [2.45, 2.75) is 51.5 Å². The highest BCUT2D eigenvalue weighted by atomic mass is 19.1. The topological polar surface area (TPSA) is 50.2 Å². The van der Waals surface area contributed by atoms with Gasteiger partial charge >= 0.3 is 0 Å². The summed E-state index contributed by atoms with van der Waals surface area (Å²) in [5.74, 6) is -0.465. The molecule has 1 N–H and O–H groups in total. The van der Waals surface area contributed by atoms with Gasteiger partial charge in [0.2, 0.25) is 5.95 Å². The van der Waals surface area contributed by atoms with E-state index < -0.39 is 11.6 Å². The molecule has 6 heteroatoms. The van der Waals surface area contributed by atoms with Gasteiger partial charge in [-0.1, -0.05) is 56.5 Å². The standard InChI is InChI=1S/C26H28F2N4/c1-2-3-4-5-15-29-26-30-16-20(17-31-26)18-9-11-19(12-10-18)23-13-14-24(32-23)25-21(27)7-6-8-22(25)28/h6-12,16-17,23H,2-5,13-15H2,1H3,(H,29,30,31). The van der Waals surface area contributed by atoms with Crippen molar-refractivity contribution in [3.05, 3.63) is 77.6 Å². The van der Waals surface area contributed by atoms with Gasteiger partial charge in [0.15, 0.2) is 0 Å². The average molecular weight is 435 g/mol. The van der Waals surface area contributed by atoms with E-state index >= 15 is 0 Å². The van der Waals surface area contributed by atoms with Gasteiger partial charge in [0.1, 0.15) is 11.6 Å². The first-order valence-electron chi connectivity index (χ1n) is 11.3. The second-order valence-electron chi connectivity index (χ2n) is 8.13. The molecule has 2 heterocycles. The van der Waals surface area contributed by atoms with Crippen molar-refractivity contribution in [2.75, 3.05) is 11.9 Å². The molecule has 0 bridgehead atoms. The number of aliphatic imine (C=N–C) groups is 1. The number of nitrogens with one attached hydrogen (secondary N) is 1. The van der Waals surface area contributed by atoms with Gasteiger partial charge in [-0.25, -0.2) is 18.7 Å². The second-order valence-corrected chi connectivity index (χ2v) is 8.13. The fraction of sp³-hybridized carbons (Fsp3) is 0.346. The van der Waals surface area contributed by atoms with Gasteiger partial charge < -0.3 is 5.32 Å². The lowest BCUT2D eigenvalue weighted by molar-refractivity contribution is 0.578. The zero-order valence-electron chi connectivity index (χ0n) is 18.3. The quantitative estimate of drug-likeness (QED) is 0.380. The summed E-state index contributed by atoms with van der Waals surface area (Å²) in [6.07, 6.45) is 9.76. The van der Waals surface area contributed by atoms with E-state index in [2.05, 4.69) is 27.2 Å². The Hall–Kier alpha value is -3.15. The van der Waals surface area contributed by atoms with Crippen LogP contribution in [0.2, 0.25) is 0 Å². The number of hydrogen-bond donors (Lipinski definition) is 1. The summed E-state index contributed by atoms with van der Waals surface area (Å²) in [6, 6.07) is 11.9. The molecule has 1 aliphatic heterocycles. The lowest BCUT2D eigenvalue weighted by atomic mass is 10.0. The predicted octanol–water partition coefficient (Wildman–Crippen LogP) is 6.74. The van der Waals surface area contributed by atoms with Crippen molar-refractivity contribution in [3.8, 4) is 11.1 Å². The number of benzene rings is 2. The Morgan fingerprint density at radius 3 is 2.31 bits per heavy atom. The van der Waals surface area contributed by atoms with Gasteiger partial charge in [0, 0.05) is 30.2 Å². The summed E-state index contributed by atoms with van der Waals surface area (Å²) in [5, 5.41) is 3.26. The minimum Gasteiger partial charge on any atom is -0.354 e. The van der Waals surface area contributed by atoms with Crippen LogP contribution < -0.4 is 5.32 Å². The molecule has 0 saturated carbocycles. The summed E-state index contributed by atoms with van der Waals surface area (Å²) in [7, 11) is 0. The molecule has 0 spiro atoms. The summed E-state index contributed by atoms with van der Waals surface area (Å²) in [4.78, 5) is 13.5. The monoisotopic (exact) mass is 434 g/mol. The van der Waals surface area contributed by atoms with Crippen molar-refractivity contribution in [2.24, 2.45) is 4.99 Å². The van der Waals surface area contributed by atoms with Crippen LogP contribution in [0.5, 0.6) is 0 Å². The maximum absolute atomic E-state index is 14.1. The first kappa shape index (κ1) is 22.1. The summed E-state index contributed by atoms with van der Waals surface area (Å²) < 4.78 is 28.2. The number of aromatic nitrogens is 2. The lowest BCUT2D eigenvalue weighted by Crippen LogP contribution is -2.05. The molecular formula is C26H28F2N4. The highest BCUT2D eigenvalue weighted by Gasteiger charge is 2.24. The van der Waals surface area contributed by atoms with Crippen LogP contribution >= 0.6 is 0 Å². The molecule has 1 atom stereocenters. The maximum Gasteiger partial charge on any atom is 0.222 e. The molecule has 0 fully saturated rings. The zero-order valence-corrected chi connectivity index (χ0v) is 18.3. The van der Waals surface area contributed by atoms with Crippen molar-refractivity contribution in [3.63, 3.8) is 0 Å². The van der Waals surface area contributed by atoms with Crippen molar-refractivity contribution in [1.29, 1.82) is 0 Å². The van der Waals surface area contributed by atoms with Crippen LogP contribution in [0, 0.1) is 11.6 Å². The maximum atomic E-state index is 14.1. The lowest BCUT2D eigenvalue weighted by Gasteiger charge is -2.09. The van der Waals surface area contributed by atoms with Gasteiger partial charge in [0.25, 0.3) is 0 Å². The van der Waals surface area contributed by atoms with E-state index in [0.717, 1.165) is 36.1 Å². The Morgan fingerprint density at radius 1 is 0.906 bits per heavy atom. The van der Waals surface area contributed by atoms with E-state index in [1.807, 2.05) is 36.7 Å². The number of halogens is 2. The zero-order chi connectivity index (χ0) is 22.3. The van der Waals surface area contributed by atoms with Crippen LogP contribution in [0.3, 0.4) is 0 Å². The smallest absolute Gasteiger partial charge is 0.222 e. The van der Waals surface area contributed by atoms with E-state index in [1.165, 1.54) is 37.5 Å². The Morgan fingerprint density at radius 2 is 1.62 bits per heavy atom. The molecule has 1 aliphatic rings. The van der Waals surface area contributed by atoms with E-state index in [1.54, 1.807) is 0 Å². The molecule has 1 unspecified atom stereocenters. The van der Waals surface area contributed by atoms with Crippen LogP contribution in [-0.4, -0.2) is 22.2 Å². The Kier molecular flexibility index (Phi) is 7.20. The fourth-order valence-corrected chi connectivity index (χ4v) is 4.01. The molecule has 3 aromatic rings. The average Bonchev–Trinajstić information content (AvgIpc) is 3.29. The molecule has 32 heavy (non-hydrogen) atoms. The highest BCUT2D eigenvalue weighted by molar-refractivity contribution is 6.02. The van der Waals surface area contributed by atoms with Gasteiger partial charge in [-0.15, -0.1) is 0 Å². The normalized spacial score (nSPS) is 15.6. The van der Waals surface area contributed by atoms with E-state index in [9.17, 15) is 8.78 Å². The van der Waals surface area contributed by atoms with Gasteiger partial charge in [-0.3, -0.25) is 4.99 Å². The first-order chi connectivity index (χ1) is 15.7. The third kappa shape index (κ3) is 5.18. The summed E-state index contributed by atoms with van der Waals surface area (Å²) in [6.45, 7) is 3.09. The van der Waals surface area contributed by atoms with Crippen LogP contribution in [0.1, 0.15) is 62.6 Å². The third-order valence-electron chi connectivity index (χ3n) is 5.81. The van der Waals surface area contributed by atoms with Crippen molar-refractivity contribution in [1.82, 2.24) is 9.97 Å². The fourth-order valence-electron chi connectivity index (χ4n) is 4.01. The minimum absolute atomic E-state index is 0.00262. The molecule has 0 amide bonds. The second kappa shape index (κ2) is 10.4. The number of nitrogens with zero attached hydrogens (tertiary/aromatic N) is 3. The van der Waals surface area contributed by atoms with Gasteiger partial charge in [-0.05, 0) is 42.5 Å². The molecule has 4 rings (SSSR count). The van der Waals surface area contributed by atoms with Crippen LogP contribution in [0.15, 0.2) is 59.9 Å². The Bertz CT molecular complexity index is 1040. The summed E-state index contributed by atoms with van der Waals surface area (Å²) in [5.41, 5.74) is 3.50. The molecule has 0 saturated heterocycles. The molecule has 166 valence electrons. The van der Waals surface area contributed by atoms with E-state index in [-0.39, 0.29) is 11.6 Å². The largest absolute Gasteiger partial charge is 0.354 e. The number of anilines is 1. The van der Waals surface area contributed by atoms with Gasteiger partial charge in [-0.2, -0.15) is 0 Å². The minimum atomic E-state index is -0.557. The number of unbranched alkanes of at least 4 members (excludes halogenated alkanes) is 3. The van der Waals surface area contributed by atoms with Crippen molar-refractivity contribution >= 4 is 11.7 Å². The Labute approximate surface area is 187 Å². The van der Waals surface area contributed by atoms with Crippen molar-refractivity contribution < 1.29 is 8.78 Å². The molecule has 0 radical (unpaired) electrons. The van der Waals surface area contributed by atoms with E-state index in [0.29, 0.717) is 18.1 Å². The molecule has 4 nitrogen and oxygen atoms in total. The molecule has 1 aromatic heterocycles. The molecule has 0 aliphatic carbocycles.